The molecule has 2 heterocycles. The molecule has 1 unspecified atom stereocenters. The summed E-state index contributed by atoms with van der Waals surface area (Å²) in [4.78, 5) is 14.2. The number of aliphatic hydroxyl groups is 1. The molecule has 5 nitrogen and oxygen atoms in total. The number of aryl methyl sites for hydroxylation is 1. The largest absolute Gasteiger partial charge is 0.388 e. The molecule has 1 N–H and O–H groups in total. The maximum Gasteiger partial charge on any atom is 0.244 e. The molecular formula is C14H22ClN3O2. The van der Waals surface area contributed by atoms with Crippen molar-refractivity contribution in [2.45, 2.75) is 58.7 Å². The molecule has 1 amide bonds. The normalized spacial score (nSPS) is 19.7. The van der Waals surface area contributed by atoms with E-state index >= 15 is 0 Å². The molecule has 1 fully saturated rings. The number of aromatic nitrogens is 2. The van der Waals surface area contributed by atoms with Gasteiger partial charge in [0.15, 0.2) is 0 Å². The van der Waals surface area contributed by atoms with E-state index in [1.54, 1.807) is 23.4 Å². The molecule has 1 aliphatic rings. The maximum atomic E-state index is 12.5. The highest BCUT2D eigenvalue weighted by molar-refractivity contribution is 6.31. The van der Waals surface area contributed by atoms with Crippen molar-refractivity contribution >= 4 is 17.5 Å². The van der Waals surface area contributed by atoms with Crippen molar-refractivity contribution in [2.75, 3.05) is 6.54 Å². The summed E-state index contributed by atoms with van der Waals surface area (Å²) in [6.07, 6.45) is 1.77. The molecule has 2 rings (SSSR count). The van der Waals surface area contributed by atoms with E-state index in [0.717, 1.165) is 24.2 Å². The van der Waals surface area contributed by atoms with E-state index in [4.69, 9.17) is 11.6 Å². The van der Waals surface area contributed by atoms with Gasteiger partial charge in [-0.1, -0.05) is 11.6 Å². The van der Waals surface area contributed by atoms with Gasteiger partial charge in [0.1, 0.15) is 6.54 Å². The topological polar surface area (TPSA) is 58.4 Å². The van der Waals surface area contributed by atoms with Crippen LogP contribution in [0.1, 0.15) is 38.1 Å². The van der Waals surface area contributed by atoms with E-state index in [9.17, 15) is 9.90 Å². The van der Waals surface area contributed by atoms with Crippen molar-refractivity contribution in [2.24, 2.45) is 0 Å². The van der Waals surface area contributed by atoms with Crippen LogP contribution in [0.25, 0.3) is 0 Å². The second kappa shape index (κ2) is 5.37. The Morgan fingerprint density at radius 1 is 1.50 bits per heavy atom. The number of likely N-dealkylation sites (tertiary alicyclic amines) is 1. The quantitative estimate of drug-likeness (QED) is 0.927. The van der Waals surface area contributed by atoms with Crippen molar-refractivity contribution in [1.82, 2.24) is 14.7 Å². The zero-order valence-electron chi connectivity index (χ0n) is 12.5. The Balaban J connectivity index is 2.14. The maximum absolute atomic E-state index is 12.5. The van der Waals surface area contributed by atoms with Gasteiger partial charge in [-0.15, -0.1) is 0 Å². The molecule has 0 radical (unpaired) electrons. The van der Waals surface area contributed by atoms with Crippen molar-refractivity contribution in [3.8, 4) is 0 Å². The molecule has 0 aliphatic carbocycles. The Morgan fingerprint density at radius 3 is 2.65 bits per heavy atom. The molecule has 1 aromatic rings. The van der Waals surface area contributed by atoms with Gasteiger partial charge < -0.3 is 10.0 Å². The van der Waals surface area contributed by atoms with Gasteiger partial charge in [-0.2, -0.15) is 5.10 Å². The second-order valence-electron chi connectivity index (χ2n) is 6.04. The van der Waals surface area contributed by atoms with Crippen LogP contribution < -0.4 is 0 Å². The van der Waals surface area contributed by atoms with Gasteiger partial charge in [0.25, 0.3) is 0 Å². The van der Waals surface area contributed by atoms with Gasteiger partial charge in [0.05, 0.1) is 28.1 Å². The van der Waals surface area contributed by atoms with Gasteiger partial charge in [-0.25, -0.2) is 0 Å². The lowest BCUT2D eigenvalue weighted by Gasteiger charge is -2.33. The highest BCUT2D eigenvalue weighted by atomic mass is 35.5. The number of carbonyl (C=O) groups excluding carboxylic acids is 1. The first-order valence-corrected chi connectivity index (χ1v) is 7.31. The Morgan fingerprint density at radius 2 is 2.15 bits per heavy atom. The smallest absolute Gasteiger partial charge is 0.244 e. The number of carbonyl (C=O) groups is 1. The Kier molecular flexibility index (Phi) is 4.12. The average molecular weight is 300 g/mol. The summed E-state index contributed by atoms with van der Waals surface area (Å²) < 4.78 is 1.64. The fraction of sp³-hybridized carbons (Fsp3) is 0.714. The number of hydrogen-bond donors (Lipinski definition) is 1. The van der Waals surface area contributed by atoms with E-state index in [-0.39, 0.29) is 18.5 Å². The molecule has 112 valence electrons. The van der Waals surface area contributed by atoms with Crippen LogP contribution in [0.15, 0.2) is 0 Å². The average Bonchev–Trinajstić information content (AvgIpc) is 2.91. The highest BCUT2D eigenvalue weighted by Crippen LogP contribution is 2.27. The first-order valence-electron chi connectivity index (χ1n) is 6.93. The standard InChI is InChI=1S/C14H22ClN3O2/c1-9-13(15)10(2)18(16-9)8-12(19)17-7-5-6-11(17)14(3,4)20/h11,20H,5-8H2,1-4H3. The van der Waals surface area contributed by atoms with Gasteiger partial charge >= 0.3 is 0 Å². The van der Waals surface area contributed by atoms with Crippen LogP contribution in [0.2, 0.25) is 5.02 Å². The minimum atomic E-state index is -0.876. The summed E-state index contributed by atoms with van der Waals surface area (Å²) in [6.45, 7) is 8.05. The summed E-state index contributed by atoms with van der Waals surface area (Å²) in [5.41, 5.74) is 0.660. The van der Waals surface area contributed by atoms with Crippen LogP contribution in [-0.2, 0) is 11.3 Å². The van der Waals surface area contributed by atoms with E-state index in [0.29, 0.717) is 11.6 Å². The molecule has 1 atom stereocenters. The molecule has 0 saturated carbocycles. The van der Waals surface area contributed by atoms with Crippen molar-refractivity contribution in [3.05, 3.63) is 16.4 Å². The van der Waals surface area contributed by atoms with Crippen LogP contribution in [0, 0.1) is 13.8 Å². The van der Waals surface area contributed by atoms with Crippen LogP contribution >= 0.6 is 11.6 Å². The Bertz CT molecular complexity index is 519. The fourth-order valence-electron chi connectivity index (χ4n) is 2.85. The molecule has 1 aliphatic heterocycles. The van der Waals surface area contributed by atoms with Crippen molar-refractivity contribution < 1.29 is 9.90 Å². The predicted molar refractivity (Wildman–Crippen MR) is 77.7 cm³/mol. The van der Waals surface area contributed by atoms with Gasteiger partial charge in [0, 0.05) is 6.54 Å². The summed E-state index contributed by atoms with van der Waals surface area (Å²) in [6, 6.07) is -0.123. The zero-order valence-corrected chi connectivity index (χ0v) is 13.2. The Hall–Kier alpha value is -1.07. The van der Waals surface area contributed by atoms with Crippen LogP contribution in [0.5, 0.6) is 0 Å². The number of halogens is 1. The molecule has 6 heteroatoms. The summed E-state index contributed by atoms with van der Waals surface area (Å²) in [7, 11) is 0. The monoisotopic (exact) mass is 299 g/mol. The van der Waals surface area contributed by atoms with E-state index in [1.807, 2.05) is 13.8 Å². The number of amides is 1. The lowest BCUT2D eigenvalue weighted by molar-refractivity contribution is -0.137. The van der Waals surface area contributed by atoms with E-state index < -0.39 is 5.60 Å². The molecule has 0 spiro atoms. The number of nitrogens with zero attached hydrogens (tertiary/aromatic N) is 3. The van der Waals surface area contributed by atoms with Crippen LogP contribution in [0.3, 0.4) is 0 Å². The first-order chi connectivity index (χ1) is 9.21. The number of hydrogen-bond acceptors (Lipinski definition) is 3. The first kappa shape index (κ1) is 15.3. The van der Waals surface area contributed by atoms with Gasteiger partial charge in [-0.3, -0.25) is 9.48 Å². The van der Waals surface area contributed by atoms with Crippen LogP contribution in [0.4, 0.5) is 0 Å². The van der Waals surface area contributed by atoms with Gasteiger partial charge in [-0.05, 0) is 40.5 Å². The fourth-order valence-corrected chi connectivity index (χ4v) is 2.98. The molecule has 0 bridgehead atoms. The molecule has 20 heavy (non-hydrogen) atoms. The SMILES string of the molecule is Cc1nn(CC(=O)N2CCCC2C(C)(C)O)c(C)c1Cl. The second-order valence-corrected chi connectivity index (χ2v) is 6.42. The molecule has 1 aromatic heterocycles. The molecular weight excluding hydrogens is 278 g/mol. The van der Waals surface area contributed by atoms with Crippen LogP contribution in [-0.4, -0.2) is 43.9 Å². The lowest BCUT2D eigenvalue weighted by atomic mass is 9.96. The third-order valence-corrected chi connectivity index (χ3v) is 4.51. The highest BCUT2D eigenvalue weighted by Gasteiger charge is 2.38. The summed E-state index contributed by atoms with van der Waals surface area (Å²) in [5, 5.41) is 15.1. The number of rotatable bonds is 3. The third-order valence-electron chi connectivity index (χ3n) is 3.97. The van der Waals surface area contributed by atoms with Gasteiger partial charge in [0.2, 0.25) is 5.91 Å². The third kappa shape index (κ3) is 2.83. The summed E-state index contributed by atoms with van der Waals surface area (Å²) in [5.74, 6) is -0.0168. The van der Waals surface area contributed by atoms with Crippen molar-refractivity contribution in [3.63, 3.8) is 0 Å². The lowest BCUT2D eigenvalue weighted by Crippen LogP contribution is -2.49. The molecule has 1 saturated heterocycles. The summed E-state index contributed by atoms with van der Waals surface area (Å²) >= 11 is 6.09. The Labute approximate surface area is 124 Å². The molecule has 0 aromatic carbocycles. The van der Waals surface area contributed by atoms with E-state index in [2.05, 4.69) is 5.10 Å². The van der Waals surface area contributed by atoms with E-state index in [1.165, 1.54) is 0 Å². The van der Waals surface area contributed by atoms with Crippen molar-refractivity contribution in [1.29, 1.82) is 0 Å². The predicted octanol–water partition coefficient (Wildman–Crippen LogP) is 1.92. The zero-order chi connectivity index (χ0) is 15.1. The minimum Gasteiger partial charge on any atom is -0.388 e. The minimum absolute atomic E-state index is 0.0168.